The molecule has 0 aromatic carbocycles. The molecule has 0 heterocycles. The molecule has 0 unspecified atom stereocenters. The molecule has 0 amide bonds. The minimum atomic E-state index is 0.0421. The Morgan fingerprint density at radius 1 is 0.700 bits per heavy atom. The molecular weight excluding hydrogens is 160 g/mol. The highest BCUT2D eigenvalue weighted by molar-refractivity contribution is 8.00. The molecule has 0 saturated heterocycles. The maximum absolute atomic E-state index is 4.50. The topological polar surface area (TPSA) is 0 Å². The molecule has 1 saturated carbocycles. The second kappa shape index (κ2) is 3.91. The normalized spacial score (nSPS) is 27.0. The molecule has 1 rings (SSSR count). The van der Waals surface area contributed by atoms with Gasteiger partial charge in [0.15, 0.2) is 0 Å². The van der Waals surface area contributed by atoms with Crippen LogP contribution in [0.1, 0.15) is 44.9 Å². The first-order chi connectivity index (χ1) is 4.71. The molecular formula is C8H16S2. The van der Waals surface area contributed by atoms with E-state index in [9.17, 15) is 0 Å². The smallest absolute Gasteiger partial charge is 0.0552 e. The summed E-state index contributed by atoms with van der Waals surface area (Å²) in [6.07, 6.45) is 9.15. The molecule has 0 radical (unpaired) electrons. The van der Waals surface area contributed by atoms with Gasteiger partial charge in [0, 0.05) is 0 Å². The first-order valence-corrected chi connectivity index (χ1v) is 5.05. The van der Waals surface area contributed by atoms with E-state index >= 15 is 0 Å². The van der Waals surface area contributed by atoms with Crippen molar-refractivity contribution in [2.75, 3.05) is 0 Å². The van der Waals surface area contributed by atoms with Crippen molar-refractivity contribution >= 4 is 25.3 Å². The molecule has 0 aromatic heterocycles. The van der Waals surface area contributed by atoms with Gasteiger partial charge in [-0.1, -0.05) is 32.1 Å². The third-order valence-electron chi connectivity index (χ3n) is 2.15. The van der Waals surface area contributed by atoms with Crippen LogP contribution in [0.15, 0.2) is 0 Å². The Balaban J connectivity index is 2.30. The lowest BCUT2D eigenvalue weighted by Crippen LogP contribution is -2.14. The van der Waals surface area contributed by atoms with E-state index in [4.69, 9.17) is 0 Å². The largest absolute Gasteiger partial charge is 0.162 e. The summed E-state index contributed by atoms with van der Waals surface area (Å²) in [6, 6.07) is 0. The Kier molecular flexibility index (Phi) is 3.44. The lowest BCUT2D eigenvalue weighted by atomic mass is 10.00. The molecule has 10 heavy (non-hydrogen) atoms. The maximum Gasteiger partial charge on any atom is 0.0552 e. The highest BCUT2D eigenvalue weighted by Crippen LogP contribution is 2.34. The van der Waals surface area contributed by atoms with Gasteiger partial charge >= 0.3 is 0 Å². The standard InChI is InChI=1S/C8H16S2/c9-8(10)6-4-2-1-3-5-7-8/h9-10H,1-7H2. The summed E-state index contributed by atoms with van der Waals surface area (Å²) in [5.41, 5.74) is 0. The second-order valence-electron chi connectivity index (χ2n) is 3.25. The van der Waals surface area contributed by atoms with E-state index in [0.29, 0.717) is 0 Å². The highest BCUT2D eigenvalue weighted by atomic mass is 32.2. The van der Waals surface area contributed by atoms with Crippen LogP contribution in [0.2, 0.25) is 0 Å². The molecule has 0 spiro atoms. The van der Waals surface area contributed by atoms with Gasteiger partial charge in [0.05, 0.1) is 4.08 Å². The maximum atomic E-state index is 4.50. The SMILES string of the molecule is SC1(S)CCCCCCC1. The van der Waals surface area contributed by atoms with Gasteiger partial charge in [0.1, 0.15) is 0 Å². The van der Waals surface area contributed by atoms with Crippen LogP contribution >= 0.6 is 25.3 Å². The number of hydrogen-bond donors (Lipinski definition) is 2. The predicted molar refractivity (Wildman–Crippen MR) is 53.0 cm³/mol. The van der Waals surface area contributed by atoms with Crippen LogP contribution in [0.5, 0.6) is 0 Å². The van der Waals surface area contributed by atoms with Crippen molar-refractivity contribution in [3.05, 3.63) is 0 Å². The van der Waals surface area contributed by atoms with E-state index in [1.54, 1.807) is 0 Å². The van der Waals surface area contributed by atoms with Gasteiger partial charge in [0.25, 0.3) is 0 Å². The van der Waals surface area contributed by atoms with Crippen molar-refractivity contribution in [2.24, 2.45) is 0 Å². The predicted octanol–water partition coefficient (Wildman–Crippen LogP) is 3.29. The summed E-state index contributed by atoms with van der Waals surface area (Å²) >= 11 is 9.00. The molecule has 0 nitrogen and oxygen atoms in total. The first kappa shape index (κ1) is 8.79. The van der Waals surface area contributed by atoms with E-state index in [-0.39, 0.29) is 4.08 Å². The summed E-state index contributed by atoms with van der Waals surface area (Å²) in [6.45, 7) is 0. The quantitative estimate of drug-likeness (QED) is 0.411. The summed E-state index contributed by atoms with van der Waals surface area (Å²) in [4.78, 5) is 0. The molecule has 2 heteroatoms. The lowest BCUT2D eigenvalue weighted by molar-refractivity contribution is 0.497. The van der Waals surface area contributed by atoms with Gasteiger partial charge < -0.3 is 0 Å². The average Bonchev–Trinajstić information content (AvgIpc) is 1.81. The van der Waals surface area contributed by atoms with Crippen LogP contribution in [-0.2, 0) is 0 Å². The van der Waals surface area contributed by atoms with Gasteiger partial charge in [0.2, 0.25) is 0 Å². The zero-order valence-corrected chi connectivity index (χ0v) is 8.13. The van der Waals surface area contributed by atoms with E-state index in [0.717, 1.165) is 0 Å². The van der Waals surface area contributed by atoms with Crippen molar-refractivity contribution < 1.29 is 0 Å². The van der Waals surface area contributed by atoms with Crippen molar-refractivity contribution in [3.63, 3.8) is 0 Å². The monoisotopic (exact) mass is 176 g/mol. The Labute approximate surface area is 74.6 Å². The zero-order chi connectivity index (χ0) is 7.45. The summed E-state index contributed by atoms with van der Waals surface area (Å²) in [5.74, 6) is 0. The molecule has 60 valence electrons. The molecule has 0 aromatic rings. The van der Waals surface area contributed by atoms with Gasteiger partial charge in [-0.15, -0.1) is 0 Å². The summed E-state index contributed by atoms with van der Waals surface area (Å²) in [7, 11) is 0. The fraction of sp³-hybridized carbons (Fsp3) is 1.00. The van der Waals surface area contributed by atoms with Gasteiger partial charge in [-0.25, -0.2) is 0 Å². The molecule has 1 aliphatic rings. The molecule has 0 atom stereocenters. The third kappa shape index (κ3) is 3.20. The molecule has 0 bridgehead atoms. The van der Waals surface area contributed by atoms with Gasteiger partial charge in [-0.3, -0.25) is 0 Å². The highest BCUT2D eigenvalue weighted by Gasteiger charge is 2.20. The van der Waals surface area contributed by atoms with Crippen molar-refractivity contribution in [3.8, 4) is 0 Å². The minimum absolute atomic E-state index is 0.0421. The van der Waals surface area contributed by atoms with Crippen molar-refractivity contribution in [1.82, 2.24) is 0 Å². The number of hydrogen-bond acceptors (Lipinski definition) is 2. The lowest BCUT2D eigenvalue weighted by Gasteiger charge is -2.24. The van der Waals surface area contributed by atoms with Crippen molar-refractivity contribution in [2.45, 2.75) is 49.0 Å². The molecule has 0 N–H and O–H groups in total. The number of thiol groups is 2. The average molecular weight is 176 g/mol. The summed E-state index contributed by atoms with van der Waals surface area (Å²) in [5, 5.41) is 0. The summed E-state index contributed by atoms with van der Waals surface area (Å²) < 4.78 is 0.0421. The van der Waals surface area contributed by atoms with Crippen LogP contribution < -0.4 is 0 Å². The fourth-order valence-electron chi connectivity index (χ4n) is 1.47. The van der Waals surface area contributed by atoms with Gasteiger partial charge in [-0.05, 0) is 12.8 Å². The second-order valence-corrected chi connectivity index (χ2v) is 5.32. The fourth-order valence-corrected chi connectivity index (χ4v) is 2.10. The Morgan fingerprint density at radius 3 is 1.60 bits per heavy atom. The van der Waals surface area contributed by atoms with Crippen LogP contribution in [0.4, 0.5) is 0 Å². The zero-order valence-electron chi connectivity index (χ0n) is 6.34. The van der Waals surface area contributed by atoms with Crippen LogP contribution in [0.3, 0.4) is 0 Å². The van der Waals surface area contributed by atoms with Crippen molar-refractivity contribution in [1.29, 1.82) is 0 Å². The molecule has 1 aliphatic carbocycles. The van der Waals surface area contributed by atoms with Crippen LogP contribution in [0, 0.1) is 0 Å². The van der Waals surface area contributed by atoms with Crippen LogP contribution in [-0.4, -0.2) is 4.08 Å². The Hall–Kier alpha value is 0.700. The third-order valence-corrected chi connectivity index (χ3v) is 3.05. The Morgan fingerprint density at radius 2 is 1.10 bits per heavy atom. The Bertz CT molecular complexity index is 89.4. The molecule has 0 aliphatic heterocycles. The van der Waals surface area contributed by atoms with E-state index < -0.39 is 0 Å². The minimum Gasteiger partial charge on any atom is -0.162 e. The first-order valence-electron chi connectivity index (χ1n) is 4.15. The van der Waals surface area contributed by atoms with E-state index in [1.165, 1.54) is 44.9 Å². The van der Waals surface area contributed by atoms with E-state index in [1.807, 2.05) is 0 Å². The van der Waals surface area contributed by atoms with E-state index in [2.05, 4.69) is 25.3 Å². The number of rotatable bonds is 0. The molecule has 1 fully saturated rings. The van der Waals surface area contributed by atoms with Gasteiger partial charge in [-0.2, -0.15) is 25.3 Å². The van der Waals surface area contributed by atoms with Crippen LogP contribution in [0.25, 0.3) is 0 Å².